The predicted molar refractivity (Wildman–Crippen MR) is 141 cm³/mol. The molecular formula is C26H31F4N3O7S. The molecular weight excluding hydrogens is 574 g/mol. The van der Waals surface area contributed by atoms with Crippen molar-refractivity contribution in [3.8, 4) is 0 Å². The maximum atomic E-state index is 13.1. The number of anilines is 2. The molecule has 3 N–H and O–H groups in total. The number of carboxylic acids is 2. The lowest BCUT2D eigenvalue weighted by Crippen LogP contribution is -2.39. The molecule has 0 unspecified atom stereocenters. The lowest BCUT2D eigenvalue weighted by atomic mass is 9.92. The molecule has 2 aromatic carbocycles. The summed E-state index contributed by atoms with van der Waals surface area (Å²) in [6, 6.07) is 8.99. The van der Waals surface area contributed by atoms with E-state index < -0.39 is 34.0 Å². The van der Waals surface area contributed by atoms with Crippen LogP contribution in [0.15, 0.2) is 47.4 Å². The van der Waals surface area contributed by atoms with Crippen LogP contribution in [0.1, 0.15) is 29.6 Å². The van der Waals surface area contributed by atoms with Gasteiger partial charge in [0.25, 0.3) is 10.0 Å². The number of piperidine rings is 1. The average molecular weight is 606 g/mol. The molecule has 2 fully saturated rings. The summed E-state index contributed by atoms with van der Waals surface area (Å²) >= 11 is 0. The minimum atomic E-state index is -5.08. The van der Waals surface area contributed by atoms with Crippen LogP contribution in [-0.2, 0) is 19.6 Å². The van der Waals surface area contributed by atoms with E-state index in [1.165, 1.54) is 6.07 Å². The van der Waals surface area contributed by atoms with Crippen LogP contribution < -0.4 is 9.62 Å². The number of benzene rings is 2. The van der Waals surface area contributed by atoms with Crippen molar-refractivity contribution in [3.63, 3.8) is 0 Å². The van der Waals surface area contributed by atoms with Gasteiger partial charge in [0.15, 0.2) is 0 Å². The number of nitrogens with one attached hydrogen (secondary N) is 1. The molecule has 0 amide bonds. The van der Waals surface area contributed by atoms with E-state index in [0.29, 0.717) is 11.6 Å². The molecule has 0 atom stereocenters. The number of morpholine rings is 1. The number of alkyl halides is 3. The van der Waals surface area contributed by atoms with Crippen molar-refractivity contribution in [2.45, 2.75) is 30.3 Å². The Kier molecular flexibility index (Phi) is 10.9. The van der Waals surface area contributed by atoms with Crippen molar-refractivity contribution in [2.75, 3.05) is 55.6 Å². The average Bonchev–Trinajstić information content (AvgIpc) is 2.92. The number of hydrogen-bond acceptors (Lipinski definition) is 7. The lowest BCUT2D eigenvalue weighted by molar-refractivity contribution is -0.192. The zero-order valence-electron chi connectivity index (χ0n) is 21.9. The first-order valence-electron chi connectivity index (χ1n) is 12.8. The molecule has 15 heteroatoms. The molecule has 0 radical (unpaired) electrons. The molecule has 0 spiro atoms. The van der Waals surface area contributed by atoms with Crippen molar-refractivity contribution >= 4 is 33.3 Å². The van der Waals surface area contributed by atoms with Crippen LogP contribution in [-0.4, -0.2) is 87.6 Å². The van der Waals surface area contributed by atoms with E-state index in [1.54, 1.807) is 12.1 Å². The van der Waals surface area contributed by atoms with Gasteiger partial charge < -0.3 is 19.8 Å². The van der Waals surface area contributed by atoms with Crippen molar-refractivity contribution in [3.05, 3.63) is 53.8 Å². The zero-order chi connectivity index (χ0) is 30.2. The second-order valence-electron chi connectivity index (χ2n) is 9.57. The van der Waals surface area contributed by atoms with Gasteiger partial charge >= 0.3 is 18.1 Å². The van der Waals surface area contributed by atoms with Crippen LogP contribution in [0, 0.1) is 11.7 Å². The van der Waals surface area contributed by atoms with Crippen molar-refractivity contribution in [1.29, 1.82) is 0 Å². The van der Waals surface area contributed by atoms with E-state index in [1.807, 2.05) is 0 Å². The van der Waals surface area contributed by atoms with Gasteiger partial charge in [-0.1, -0.05) is 0 Å². The Morgan fingerprint density at radius 1 is 0.976 bits per heavy atom. The number of nitrogens with zero attached hydrogens (tertiary/aromatic N) is 2. The maximum Gasteiger partial charge on any atom is 0.490 e. The van der Waals surface area contributed by atoms with E-state index in [4.69, 9.17) is 14.6 Å². The topological polar surface area (TPSA) is 136 Å². The van der Waals surface area contributed by atoms with Gasteiger partial charge in [-0.3, -0.25) is 9.62 Å². The number of sulfonamides is 1. The first kappa shape index (κ1) is 32.1. The predicted octanol–water partition coefficient (Wildman–Crippen LogP) is 3.90. The highest BCUT2D eigenvalue weighted by Crippen LogP contribution is 2.31. The molecule has 2 heterocycles. The number of rotatable bonds is 8. The van der Waals surface area contributed by atoms with Crippen LogP contribution in [0.4, 0.5) is 28.9 Å². The summed E-state index contributed by atoms with van der Waals surface area (Å²) in [5, 5.41) is 16.9. The Morgan fingerprint density at radius 2 is 1.56 bits per heavy atom. The van der Waals surface area contributed by atoms with Crippen molar-refractivity contribution in [2.24, 2.45) is 5.92 Å². The lowest BCUT2D eigenvalue weighted by Gasteiger charge is -2.35. The number of halogens is 4. The molecule has 0 aromatic heterocycles. The molecule has 2 saturated heterocycles. The second-order valence-corrected chi connectivity index (χ2v) is 11.3. The fraction of sp³-hybridized carbons (Fsp3) is 0.462. The number of aliphatic carboxylic acids is 1. The Hall–Kier alpha value is -3.43. The number of aromatic carboxylic acids is 1. The van der Waals surface area contributed by atoms with Crippen LogP contribution >= 0.6 is 0 Å². The third-order valence-corrected chi connectivity index (χ3v) is 8.16. The van der Waals surface area contributed by atoms with Gasteiger partial charge in [0.1, 0.15) is 5.82 Å². The summed E-state index contributed by atoms with van der Waals surface area (Å²) in [5.41, 5.74) is 0.779. The van der Waals surface area contributed by atoms with Crippen LogP contribution in [0.25, 0.3) is 0 Å². The van der Waals surface area contributed by atoms with E-state index >= 15 is 0 Å². The summed E-state index contributed by atoms with van der Waals surface area (Å²) in [4.78, 5) is 25.3. The van der Waals surface area contributed by atoms with Gasteiger partial charge in [0, 0.05) is 31.9 Å². The summed E-state index contributed by atoms with van der Waals surface area (Å²) < 4.78 is 77.8. The quantitative estimate of drug-likeness (QED) is 0.383. The summed E-state index contributed by atoms with van der Waals surface area (Å²) in [6.07, 6.45) is -1.98. The Bertz CT molecular complexity index is 1290. The molecule has 41 heavy (non-hydrogen) atoms. The van der Waals surface area contributed by atoms with E-state index in [9.17, 15) is 35.9 Å². The van der Waals surface area contributed by atoms with Crippen molar-refractivity contribution < 1.29 is 50.5 Å². The van der Waals surface area contributed by atoms with E-state index in [2.05, 4.69) is 14.5 Å². The second kappa shape index (κ2) is 14.0. The Balaban J connectivity index is 0.000000587. The van der Waals surface area contributed by atoms with E-state index in [0.717, 1.165) is 89.5 Å². The molecule has 2 aliphatic rings. The highest BCUT2D eigenvalue weighted by molar-refractivity contribution is 7.92. The molecule has 0 bridgehead atoms. The third kappa shape index (κ3) is 9.57. The number of carbonyl (C=O) groups is 2. The molecule has 0 aliphatic carbocycles. The smallest absolute Gasteiger partial charge is 0.478 e. The molecule has 4 rings (SSSR count). The van der Waals surface area contributed by atoms with Gasteiger partial charge in [-0.15, -0.1) is 0 Å². The van der Waals surface area contributed by atoms with Gasteiger partial charge in [0.2, 0.25) is 0 Å². The first-order valence-corrected chi connectivity index (χ1v) is 14.3. The van der Waals surface area contributed by atoms with Gasteiger partial charge in [-0.05, 0) is 74.2 Å². The molecule has 2 aromatic rings. The van der Waals surface area contributed by atoms with Crippen LogP contribution in [0.2, 0.25) is 0 Å². The van der Waals surface area contributed by atoms with Gasteiger partial charge in [0.05, 0.1) is 29.4 Å². The Labute approximate surface area is 234 Å². The van der Waals surface area contributed by atoms with Crippen LogP contribution in [0.5, 0.6) is 0 Å². The molecule has 226 valence electrons. The third-order valence-electron chi connectivity index (χ3n) is 6.76. The molecule has 2 aliphatic heterocycles. The standard InChI is InChI=1S/C24H30FN3O5S.C2HF3O2/c25-19-1-4-21(5-2-19)34(31,32)26-20-3-6-23(22(17-20)24(29)30)28-11-8-18(9-12-28)7-10-27-13-15-33-16-14-27;3-2(4,5)1(6)7/h1-6,17-18,26H,7-16H2,(H,29,30);(H,6,7). The Morgan fingerprint density at radius 3 is 2.10 bits per heavy atom. The van der Waals surface area contributed by atoms with E-state index in [-0.39, 0.29) is 16.1 Å². The fourth-order valence-electron chi connectivity index (χ4n) is 4.53. The minimum Gasteiger partial charge on any atom is -0.478 e. The fourth-order valence-corrected chi connectivity index (χ4v) is 5.58. The van der Waals surface area contributed by atoms with Crippen LogP contribution in [0.3, 0.4) is 0 Å². The monoisotopic (exact) mass is 605 g/mol. The largest absolute Gasteiger partial charge is 0.490 e. The summed E-state index contributed by atoms with van der Waals surface area (Å²) in [5.74, 6) is -3.81. The number of hydrogen-bond donors (Lipinski definition) is 3. The summed E-state index contributed by atoms with van der Waals surface area (Å²) in [7, 11) is -3.97. The van der Waals surface area contributed by atoms with Crippen molar-refractivity contribution in [1.82, 2.24) is 4.90 Å². The SMILES string of the molecule is O=C(O)C(F)(F)F.O=C(O)c1cc(NS(=O)(=O)c2ccc(F)cc2)ccc1N1CCC(CCN2CCOCC2)CC1. The minimum absolute atomic E-state index is 0.0473. The maximum absolute atomic E-state index is 13.1. The van der Waals surface area contributed by atoms with Gasteiger partial charge in [-0.2, -0.15) is 13.2 Å². The molecule has 0 saturated carbocycles. The normalized spacial score (nSPS) is 16.9. The zero-order valence-corrected chi connectivity index (χ0v) is 22.8. The number of carboxylic acid groups (broad SMARTS) is 2. The summed E-state index contributed by atoms with van der Waals surface area (Å²) in [6.45, 7) is 6.15. The molecule has 10 nitrogen and oxygen atoms in total. The number of ether oxygens (including phenoxy) is 1. The highest BCUT2D eigenvalue weighted by atomic mass is 32.2. The van der Waals surface area contributed by atoms with Gasteiger partial charge in [-0.25, -0.2) is 22.4 Å². The highest BCUT2D eigenvalue weighted by Gasteiger charge is 2.38. The first-order chi connectivity index (χ1) is 19.3.